The van der Waals surface area contributed by atoms with Crippen LogP contribution in [-0.2, 0) is 32.0 Å². The number of pyridine rings is 1. The Labute approximate surface area is 279 Å². The van der Waals surface area contributed by atoms with Crippen molar-refractivity contribution >= 4 is 29.9 Å². The van der Waals surface area contributed by atoms with Crippen LogP contribution in [0.25, 0.3) is 11.1 Å². The van der Waals surface area contributed by atoms with Gasteiger partial charge in [0.1, 0.15) is 17.8 Å². The minimum Gasteiger partial charge on any atom is -0.469 e. The van der Waals surface area contributed by atoms with Crippen molar-refractivity contribution < 1.29 is 28.7 Å². The number of unbranched alkanes of at least 4 members (excludes halogenated alkanes) is 2. The second kappa shape index (κ2) is 19.8. The van der Waals surface area contributed by atoms with Gasteiger partial charge >= 0.3 is 12.1 Å². The Morgan fingerprint density at radius 3 is 2.32 bits per heavy atom. The fraction of sp³-hybridized carbons (Fsp3) is 0.432. The SMILES string of the molecule is CCc1cccc(-c2cnc(C=O)c(NC(=O)CN(Cc3cccc(C)c3)C(=O)OC(C)(C)C)c2)c1.CNCCCCCC(=O)OC. The van der Waals surface area contributed by atoms with Crippen LogP contribution in [0.2, 0.25) is 0 Å². The van der Waals surface area contributed by atoms with Crippen molar-refractivity contribution in [1.82, 2.24) is 15.2 Å². The predicted molar refractivity (Wildman–Crippen MR) is 185 cm³/mol. The number of anilines is 1. The molecule has 0 atom stereocenters. The summed E-state index contributed by atoms with van der Waals surface area (Å²) in [6, 6.07) is 17.4. The average Bonchev–Trinajstić information content (AvgIpc) is 3.03. The molecule has 254 valence electrons. The van der Waals surface area contributed by atoms with E-state index >= 15 is 0 Å². The molecule has 0 aliphatic heterocycles. The number of aromatic nitrogens is 1. The Kier molecular flexibility index (Phi) is 16.3. The maximum atomic E-state index is 13.1. The van der Waals surface area contributed by atoms with Crippen LogP contribution in [-0.4, -0.2) is 67.0 Å². The van der Waals surface area contributed by atoms with Gasteiger partial charge in [0, 0.05) is 24.7 Å². The van der Waals surface area contributed by atoms with E-state index in [9.17, 15) is 19.2 Å². The zero-order chi connectivity index (χ0) is 34.8. The van der Waals surface area contributed by atoms with Gasteiger partial charge in [0.15, 0.2) is 6.29 Å². The molecular weight excluding hydrogens is 596 g/mol. The highest BCUT2D eigenvalue weighted by Crippen LogP contribution is 2.25. The Morgan fingerprint density at radius 2 is 1.68 bits per heavy atom. The molecule has 0 saturated carbocycles. The van der Waals surface area contributed by atoms with Gasteiger partial charge in [-0.1, -0.05) is 67.4 Å². The number of methoxy groups -OCH3 is 1. The largest absolute Gasteiger partial charge is 0.469 e. The summed E-state index contributed by atoms with van der Waals surface area (Å²) in [5, 5.41) is 5.82. The van der Waals surface area contributed by atoms with Gasteiger partial charge in [-0.2, -0.15) is 0 Å². The quantitative estimate of drug-likeness (QED) is 0.112. The fourth-order valence-corrected chi connectivity index (χ4v) is 4.55. The van der Waals surface area contributed by atoms with Gasteiger partial charge in [0.05, 0.1) is 12.8 Å². The van der Waals surface area contributed by atoms with E-state index < -0.39 is 17.6 Å². The van der Waals surface area contributed by atoms with Crippen LogP contribution in [0.1, 0.15) is 80.6 Å². The molecule has 0 saturated heterocycles. The van der Waals surface area contributed by atoms with Gasteiger partial charge < -0.3 is 20.1 Å². The highest BCUT2D eigenvalue weighted by molar-refractivity contribution is 5.98. The number of aldehydes is 1. The standard InChI is InChI=1S/C29H33N3O4.C8H17NO2/c1-6-21-10-8-12-23(14-21)24-15-25(26(19-33)30-16-24)31-27(34)18-32(28(35)36-29(3,4)5)17-22-11-7-9-20(2)13-22;1-9-7-5-3-4-6-8(10)11-2/h7-16,19H,6,17-18H2,1-5H3,(H,31,34);9H,3-7H2,1-2H3. The summed E-state index contributed by atoms with van der Waals surface area (Å²) in [4.78, 5) is 53.8. The van der Waals surface area contributed by atoms with E-state index in [2.05, 4.69) is 33.3 Å². The fourth-order valence-electron chi connectivity index (χ4n) is 4.55. The van der Waals surface area contributed by atoms with Gasteiger partial charge in [0.2, 0.25) is 5.91 Å². The molecular formula is C37H50N4O6. The van der Waals surface area contributed by atoms with Crippen molar-refractivity contribution in [3.8, 4) is 11.1 Å². The third kappa shape index (κ3) is 14.6. The average molecular weight is 647 g/mol. The van der Waals surface area contributed by atoms with Crippen LogP contribution >= 0.6 is 0 Å². The molecule has 1 heterocycles. The molecule has 47 heavy (non-hydrogen) atoms. The Morgan fingerprint density at radius 1 is 0.957 bits per heavy atom. The third-order valence-electron chi connectivity index (χ3n) is 6.95. The van der Waals surface area contributed by atoms with Crippen molar-refractivity contribution in [2.24, 2.45) is 0 Å². The molecule has 3 rings (SSSR count). The lowest BCUT2D eigenvalue weighted by atomic mass is 10.0. The van der Waals surface area contributed by atoms with Gasteiger partial charge in [-0.25, -0.2) is 4.79 Å². The molecule has 1 aromatic heterocycles. The van der Waals surface area contributed by atoms with Gasteiger partial charge in [-0.3, -0.25) is 24.3 Å². The predicted octanol–water partition coefficient (Wildman–Crippen LogP) is 6.75. The Bertz CT molecular complexity index is 1470. The zero-order valence-corrected chi connectivity index (χ0v) is 28.9. The smallest absolute Gasteiger partial charge is 0.411 e. The number of ether oxygens (including phenoxy) is 2. The minimum absolute atomic E-state index is 0.102. The number of hydrogen-bond acceptors (Lipinski definition) is 8. The van der Waals surface area contributed by atoms with Crippen molar-refractivity contribution in [3.63, 3.8) is 0 Å². The summed E-state index contributed by atoms with van der Waals surface area (Å²) in [5.41, 5.74) is 4.49. The number of benzene rings is 2. The molecule has 0 bridgehead atoms. The molecule has 2 N–H and O–H groups in total. The molecule has 2 amide bonds. The Hall–Kier alpha value is -4.57. The van der Waals surface area contributed by atoms with E-state index in [0.29, 0.717) is 12.7 Å². The first-order valence-corrected chi connectivity index (χ1v) is 16.0. The lowest BCUT2D eigenvalue weighted by Gasteiger charge is -2.27. The minimum atomic E-state index is -0.714. The molecule has 0 aliphatic carbocycles. The maximum Gasteiger partial charge on any atom is 0.411 e. The Balaban J connectivity index is 0.000000597. The summed E-state index contributed by atoms with van der Waals surface area (Å²) < 4.78 is 10.0. The van der Waals surface area contributed by atoms with Crippen molar-refractivity contribution in [3.05, 3.63) is 83.2 Å². The van der Waals surface area contributed by atoms with Crippen LogP contribution in [0.15, 0.2) is 60.8 Å². The number of amides is 2. The van der Waals surface area contributed by atoms with E-state index in [0.717, 1.165) is 54.5 Å². The summed E-state index contributed by atoms with van der Waals surface area (Å²) >= 11 is 0. The van der Waals surface area contributed by atoms with Crippen LogP contribution in [0, 0.1) is 6.92 Å². The summed E-state index contributed by atoms with van der Waals surface area (Å²) in [6.45, 7) is 10.3. The van der Waals surface area contributed by atoms with E-state index in [-0.39, 0.29) is 30.4 Å². The monoisotopic (exact) mass is 646 g/mol. The molecule has 0 aliphatic rings. The normalized spacial score (nSPS) is 10.7. The summed E-state index contributed by atoms with van der Waals surface area (Å²) in [5.74, 6) is -0.563. The molecule has 2 aromatic carbocycles. The summed E-state index contributed by atoms with van der Waals surface area (Å²) in [7, 11) is 3.36. The lowest BCUT2D eigenvalue weighted by molar-refractivity contribution is -0.140. The number of carbonyl (C=O) groups excluding carboxylic acids is 4. The van der Waals surface area contributed by atoms with E-state index in [1.54, 1.807) is 33.0 Å². The molecule has 10 nitrogen and oxygen atoms in total. The van der Waals surface area contributed by atoms with Gasteiger partial charge in [-0.15, -0.1) is 0 Å². The highest BCUT2D eigenvalue weighted by atomic mass is 16.6. The number of esters is 1. The first kappa shape index (κ1) is 38.6. The van der Waals surface area contributed by atoms with Crippen molar-refractivity contribution in [2.75, 3.05) is 32.6 Å². The summed E-state index contributed by atoms with van der Waals surface area (Å²) in [6.07, 6.45) is 6.22. The number of hydrogen-bond donors (Lipinski definition) is 2. The molecule has 0 fully saturated rings. The second-order valence-electron chi connectivity index (χ2n) is 12.2. The van der Waals surface area contributed by atoms with Crippen LogP contribution in [0.3, 0.4) is 0 Å². The van der Waals surface area contributed by atoms with Crippen molar-refractivity contribution in [1.29, 1.82) is 0 Å². The van der Waals surface area contributed by atoms with Crippen LogP contribution < -0.4 is 10.6 Å². The first-order chi connectivity index (χ1) is 22.4. The first-order valence-electron chi connectivity index (χ1n) is 16.0. The van der Waals surface area contributed by atoms with Crippen LogP contribution in [0.5, 0.6) is 0 Å². The highest BCUT2D eigenvalue weighted by Gasteiger charge is 2.25. The van der Waals surface area contributed by atoms with E-state index in [4.69, 9.17) is 4.74 Å². The van der Waals surface area contributed by atoms with Gasteiger partial charge in [-0.05, 0) is 83.3 Å². The lowest BCUT2D eigenvalue weighted by Crippen LogP contribution is -2.41. The molecule has 0 radical (unpaired) electrons. The van der Waals surface area contributed by atoms with Crippen molar-refractivity contribution in [2.45, 2.75) is 78.9 Å². The topological polar surface area (TPSA) is 127 Å². The second-order valence-corrected chi connectivity index (χ2v) is 12.2. The number of aryl methyl sites for hydroxylation is 2. The molecule has 10 heteroatoms. The molecule has 0 unspecified atom stereocenters. The van der Waals surface area contributed by atoms with E-state index in [1.165, 1.54) is 17.6 Å². The number of rotatable bonds is 14. The third-order valence-corrected chi connectivity index (χ3v) is 6.95. The van der Waals surface area contributed by atoms with Gasteiger partial charge in [0.25, 0.3) is 0 Å². The maximum absolute atomic E-state index is 13.1. The van der Waals surface area contributed by atoms with Crippen LogP contribution in [0.4, 0.5) is 10.5 Å². The number of carbonyl (C=O) groups is 4. The molecule has 3 aromatic rings. The number of nitrogens with one attached hydrogen (secondary N) is 2. The number of nitrogens with zero attached hydrogens (tertiary/aromatic N) is 2. The van der Waals surface area contributed by atoms with E-state index in [1.807, 2.05) is 56.4 Å². The molecule has 0 spiro atoms. The zero-order valence-electron chi connectivity index (χ0n) is 28.9.